The van der Waals surface area contributed by atoms with Crippen LogP contribution in [0, 0.1) is 0 Å². The molecule has 0 aliphatic rings. The summed E-state index contributed by atoms with van der Waals surface area (Å²) in [5.74, 6) is 0.847. The second kappa shape index (κ2) is 10.4. The highest BCUT2D eigenvalue weighted by Crippen LogP contribution is 2.17. The molecule has 4 nitrogen and oxygen atoms in total. The van der Waals surface area contributed by atoms with Crippen LogP contribution in [-0.2, 0) is 11.4 Å². The van der Waals surface area contributed by atoms with Gasteiger partial charge in [0.15, 0.2) is 0 Å². The Morgan fingerprint density at radius 3 is 2.33 bits per heavy atom. The van der Waals surface area contributed by atoms with Gasteiger partial charge in [-0.1, -0.05) is 43.2 Å². The molecule has 3 N–H and O–H groups in total. The molecule has 0 radical (unpaired) electrons. The fourth-order valence-electron chi connectivity index (χ4n) is 2.38. The van der Waals surface area contributed by atoms with E-state index in [4.69, 9.17) is 10.5 Å². The number of carbonyl (C=O) groups excluding carboxylic acids is 1. The summed E-state index contributed by atoms with van der Waals surface area (Å²) in [5.41, 5.74) is 7.38. The fraction of sp³-hybridized carbons (Fsp3) is 0.350. The lowest BCUT2D eigenvalue weighted by atomic mass is 10.1. The molecule has 0 saturated carbocycles. The summed E-state index contributed by atoms with van der Waals surface area (Å²) in [6, 6.07) is 17.5. The Morgan fingerprint density at radius 2 is 1.62 bits per heavy atom. The molecule has 0 heterocycles. The fourth-order valence-corrected chi connectivity index (χ4v) is 2.38. The molecule has 4 heteroatoms. The van der Waals surface area contributed by atoms with Gasteiger partial charge in [-0.2, -0.15) is 0 Å². The largest absolute Gasteiger partial charge is 0.489 e. The molecular formula is C20H26N2O2. The summed E-state index contributed by atoms with van der Waals surface area (Å²) in [5, 5.41) is 2.91. The molecule has 0 aliphatic heterocycles. The molecule has 2 aromatic rings. The van der Waals surface area contributed by atoms with E-state index in [0.717, 1.165) is 49.2 Å². The van der Waals surface area contributed by atoms with E-state index in [-0.39, 0.29) is 5.91 Å². The SMILES string of the molecule is NCCCCCCC(=O)Nc1ccc(OCc2ccccc2)cc1. The molecule has 0 aromatic heterocycles. The maximum absolute atomic E-state index is 11.9. The van der Waals surface area contributed by atoms with Gasteiger partial charge in [0.2, 0.25) is 5.91 Å². The number of carbonyl (C=O) groups is 1. The van der Waals surface area contributed by atoms with Crippen molar-refractivity contribution in [1.29, 1.82) is 0 Å². The lowest BCUT2D eigenvalue weighted by Gasteiger charge is -2.08. The summed E-state index contributed by atoms with van der Waals surface area (Å²) in [6.45, 7) is 1.26. The van der Waals surface area contributed by atoms with Gasteiger partial charge in [0.1, 0.15) is 12.4 Å². The van der Waals surface area contributed by atoms with Gasteiger partial charge >= 0.3 is 0 Å². The van der Waals surface area contributed by atoms with Gasteiger partial charge in [-0.3, -0.25) is 4.79 Å². The molecule has 1 amide bonds. The number of hydrogen-bond donors (Lipinski definition) is 2. The minimum absolute atomic E-state index is 0.0562. The van der Waals surface area contributed by atoms with Gasteiger partial charge in [-0.15, -0.1) is 0 Å². The van der Waals surface area contributed by atoms with Crippen LogP contribution in [0.5, 0.6) is 5.75 Å². The molecule has 128 valence electrons. The lowest BCUT2D eigenvalue weighted by Crippen LogP contribution is -2.11. The van der Waals surface area contributed by atoms with E-state index in [9.17, 15) is 4.79 Å². The van der Waals surface area contributed by atoms with E-state index < -0.39 is 0 Å². The Bertz CT molecular complexity index is 597. The van der Waals surface area contributed by atoms with Gasteiger partial charge < -0.3 is 15.8 Å². The summed E-state index contributed by atoms with van der Waals surface area (Å²) in [4.78, 5) is 11.9. The number of amides is 1. The third-order valence-electron chi connectivity index (χ3n) is 3.74. The van der Waals surface area contributed by atoms with Crippen LogP contribution in [0.25, 0.3) is 0 Å². The number of hydrogen-bond acceptors (Lipinski definition) is 3. The maximum atomic E-state index is 11.9. The van der Waals surface area contributed by atoms with Gasteiger partial charge in [0.25, 0.3) is 0 Å². The lowest BCUT2D eigenvalue weighted by molar-refractivity contribution is -0.116. The standard InChI is InChI=1S/C20H26N2O2/c21-15-7-2-1-6-10-20(23)22-18-11-13-19(14-12-18)24-16-17-8-4-3-5-9-17/h3-5,8-9,11-14H,1-2,6-7,10,15-16,21H2,(H,22,23). The summed E-state index contributed by atoms with van der Waals surface area (Å²) < 4.78 is 5.73. The maximum Gasteiger partial charge on any atom is 0.224 e. The Hall–Kier alpha value is -2.33. The summed E-state index contributed by atoms with van der Waals surface area (Å²) in [7, 11) is 0. The van der Waals surface area contributed by atoms with Crippen molar-refractivity contribution in [3.05, 3.63) is 60.2 Å². The molecule has 0 fully saturated rings. The predicted octanol–water partition coefficient (Wildman–Crippen LogP) is 4.11. The molecule has 0 saturated heterocycles. The third-order valence-corrected chi connectivity index (χ3v) is 3.74. The summed E-state index contributed by atoms with van der Waals surface area (Å²) >= 11 is 0. The number of unbranched alkanes of at least 4 members (excludes halogenated alkanes) is 3. The number of anilines is 1. The van der Waals surface area contributed by atoms with Crippen LogP contribution in [0.2, 0.25) is 0 Å². The molecule has 2 rings (SSSR count). The smallest absolute Gasteiger partial charge is 0.224 e. The number of rotatable bonds is 10. The van der Waals surface area contributed by atoms with Crippen molar-refractivity contribution in [1.82, 2.24) is 0 Å². The first-order valence-corrected chi connectivity index (χ1v) is 8.54. The minimum atomic E-state index is 0.0562. The van der Waals surface area contributed by atoms with Crippen molar-refractivity contribution < 1.29 is 9.53 Å². The van der Waals surface area contributed by atoms with Crippen LogP contribution >= 0.6 is 0 Å². The topological polar surface area (TPSA) is 64.4 Å². The van der Waals surface area contributed by atoms with Crippen LogP contribution in [0.4, 0.5) is 5.69 Å². The molecule has 0 atom stereocenters. The van der Waals surface area contributed by atoms with Crippen LogP contribution in [0.1, 0.15) is 37.7 Å². The average Bonchev–Trinajstić information content (AvgIpc) is 2.62. The van der Waals surface area contributed by atoms with E-state index in [0.29, 0.717) is 13.0 Å². The minimum Gasteiger partial charge on any atom is -0.489 e. The Labute approximate surface area is 144 Å². The second-order valence-electron chi connectivity index (χ2n) is 5.80. The average molecular weight is 326 g/mol. The first kappa shape index (κ1) is 18.0. The molecular weight excluding hydrogens is 300 g/mol. The van der Waals surface area contributed by atoms with Crippen molar-refractivity contribution in [3.63, 3.8) is 0 Å². The van der Waals surface area contributed by atoms with Crippen molar-refractivity contribution >= 4 is 11.6 Å². The zero-order chi connectivity index (χ0) is 17.0. The normalized spacial score (nSPS) is 10.4. The quantitative estimate of drug-likeness (QED) is 0.646. The van der Waals surface area contributed by atoms with Gasteiger partial charge in [0, 0.05) is 12.1 Å². The van der Waals surface area contributed by atoms with Crippen molar-refractivity contribution in [2.45, 2.75) is 38.7 Å². The van der Waals surface area contributed by atoms with Gasteiger partial charge in [-0.25, -0.2) is 0 Å². The van der Waals surface area contributed by atoms with Crippen molar-refractivity contribution in [3.8, 4) is 5.75 Å². The molecule has 2 aromatic carbocycles. The molecule has 0 bridgehead atoms. The van der Waals surface area contributed by atoms with E-state index >= 15 is 0 Å². The zero-order valence-corrected chi connectivity index (χ0v) is 14.0. The molecule has 0 spiro atoms. The third kappa shape index (κ3) is 6.84. The van der Waals surface area contributed by atoms with Crippen molar-refractivity contribution in [2.24, 2.45) is 5.73 Å². The Balaban J connectivity index is 1.70. The van der Waals surface area contributed by atoms with E-state index in [2.05, 4.69) is 5.32 Å². The van der Waals surface area contributed by atoms with Gasteiger partial charge in [-0.05, 0) is 49.2 Å². The molecule has 0 unspecified atom stereocenters. The summed E-state index contributed by atoms with van der Waals surface area (Å²) in [6.07, 6.45) is 4.64. The highest BCUT2D eigenvalue weighted by atomic mass is 16.5. The first-order valence-electron chi connectivity index (χ1n) is 8.54. The number of nitrogens with one attached hydrogen (secondary N) is 1. The molecule has 24 heavy (non-hydrogen) atoms. The Morgan fingerprint density at radius 1 is 0.917 bits per heavy atom. The van der Waals surface area contributed by atoms with Gasteiger partial charge in [0.05, 0.1) is 0 Å². The predicted molar refractivity (Wildman–Crippen MR) is 98.0 cm³/mol. The second-order valence-corrected chi connectivity index (χ2v) is 5.80. The highest BCUT2D eigenvalue weighted by molar-refractivity contribution is 5.90. The van der Waals surface area contributed by atoms with Crippen LogP contribution in [0.15, 0.2) is 54.6 Å². The van der Waals surface area contributed by atoms with Crippen LogP contribution in [0.3, 0.4) is 0 Å². The highest BCUT2D eigenvalue weighted by Gasteiger charge is 2.03. The number of nitrogens with two attached hydrogens (primary N) is 1. The van der Waals surface area contributed by atoms with Crippen molar-refractivity contribution in [2.75, 3.05) is 11.9 Å². The van der Waals surface area contributed by atoms with E-state index in [1.807, 2.05) is 54.6 Å². The van der Waals surface area contributed by atoms with E-state index in [1.165, 1.54) is 0 Å². The number of ether oxygens (including phenoxy) is 1. The van der Waals surface area contributed by atoms with E-state index in [1.54, 1.807) is 0 Å². The zero-order valence-electron chi connectivity index (χ0n) is 14.0. The monoisotopic (exact) mass is 326 g/mol. The first-order chi connectivity index (χ1) is 11.8. The van der Waals surface area contributed by atoms with Crippen LogP contribution < -0.4 is 15.8 Å². The number of benzene rings is 2. The molecule has 0 aliphatic carbocycles. The van der Waals surface area contributed by atoms with Crippen LogP contribution in [-0.4, -0.2) is 12.5 Å². The Kier molecular flexibility index (Phi) is 7.84.